The Labute approximate surface area is 209 Å². The lowest BCUT2D eigenvalue weighted by atomic mass is 10.1. The first-order valence-corrected chi connectivity index (χ1v) is 12.6. The monoisotopic (exact) mass is 588 g/mol. The van der Waals surface area contributed by atoms with Crippen LogP contribution in [-0.4, -0.2) is 14.3 Å². The van der Waals surface area contributed by atoms with E-state index in [2.05, 4.69) is 37.2 Å². The van der Waals surface area contributed by atoms with Gasteiger partial charge in [0.15, 0.2) is 0 Å². The lowest BCUT2D eigenvalue weighted by Crippen LogP contribution is -2.14. The fourth-order valence-corrected chi connectivity index (χ4v) is 5.42. The lowest BCUT2D eigenvalue weighted by molar-refractivity contribution is -0.112. The maximum absolute atomic E-state index is 12.8. The molecule has 3 aromatic carbocycles. The number of carbonyl (C=O) groups is 1. The molecule has 0 aliphatic heterocycles. The molecule has 0 unspecified atom stereocenters. The van der Waals surface area contributed by atoms with E-state index in [1.807, 2.05) is 32.0 Å². The van der Waals surface area contributed by atoms with E-state index in [-0.39, 0.29) is 21.8 Å². The van der Waals surface area contributed by atoms with Crippen LogP contribution in [-0.2, 0) is 14.9 Å². The first-order valence-electron chi connectivity index (χ1n) is 9.59. The third kappa shape index (κ3) is 6.11. The number of benzene rings is 3. The summed E-state index contributed by atoms with van der Waals surface area (Å²) in [6.07, 6.45) is 1.28. The van der Waals surface area contributed by atoms with Gasteiger partial charge in [0.1, 0.15) is 22.3 Å². The van der Waals surface area contributed by atoms with Crippen LogP contribution in [0.2, 0.25) is 0 Å². The summed E-state index contributed by atoms with van der Waals surface area (Å²) in [5.41, 5.74) is 2.40. The number of nitrogens with zero attached hydrogens (tertiary/aromatic N) is 1. The molecule has 1 amide bonds. The standard InChI is InChI=1S/C24H18Br2N2O4S/c1-15-7-9-19(10-8-15)33(30,31)32-22-6-4-3-5-17(22)13-18(14-27)24(29)28-23-20(25)11-16(2)12-21(23)26/h3-13H,1-2H3,(H,28,29)/b18-13+. The largest absolute Gasteiger partial charge is 0.378 e. The Balaban J connectivity index is 1.92. The number of carbonyl (C=O) groups excluding carboxylic acids is 1. The van der Waals surface area contributed by atoms with Crippen LogP contribution < -0.4 is 9.50 Å². The zero-order valence-corrected chi connectivity index (χ0v) is 21.6. The highest BCUT2D eigenvalue weighted by Gasteiger charge is 2.19. The molecule has 0 bridgehead atoms. The molecule has 3 aromatic rings. The van der Waals surface area contributed by atoms with Crippen molar-refractivity contribution in [1.82, 2.24) is 0 Å². The van der Waals surface area contributed by atoms with Gasteiger partial charge in [-0.3, -0.25) is 4.79 Å². The molecule has 0 aliphatic carbocycles. The van der Waals surface area contributed by atoms with Crippen molar-refractivity contribution < 1.29 is 17.4 Å². The number of hydrogen-bond donors (Lipinski definition) is 1. The first-order chi connectivity index (χ1) is 15.6. The zero-order valence-electron chi connectivity index (χ0n) is 17.6. The third-order valence-electron chi connectivity index (χ3n) is 4.52. The van der Waals surface area contributed by atoms with E-state index >= 15 is 0 Å². The molecular formula is C24H18Br2N2O4S. The minimum atomic E-state index is -4.10. The molecule has 0 heterocycles. The van der Waals surface area contributed by atoms with E-state index in [4.69, 9.17) is 4.18 Å². The summed E-state index contributed by atoms with van der Waals surface area (Å²) in [6.45, 7) is 3.75. The van der Waals surface area contributed by atoms with Gasteiger partial charge in [-0.15, -0.1) is 0 Å². The average molecular weight is 590 g/mol. The maximum atomic E-state index is 12.8. The normalized spacial score (nSPS) is 11.5. The second-order valence-corrected chi connectivity index (χ2v) is 10.4. The SMILES string of the molecule is Cc1ccc(S(=O)(=O)Oc2ccccc2/C=C(\C#N)C(=O)Nc2c(Br)cc(C)cc2Br)cc1. The Bertz CT molecular complexity index is 1370. The molecule has 0 saturated heterocycles. The van der Waals surface area contributed by atoms with E-state index in [1.165, 1.54) is 24.3 Å². The van der Waals surface area contributed by atoms with E-state index in [0.717, 1.165) is 11.1 Å². The molecule has 0 aromatic heterocycles. The highest BCUT2D eigenvalue weighted by Crippen LogP contribution is 2.33. The van der Waals surface area contributed by atoms with Crippen molar-refractivity contribution in [1.29, 1.82) is 5.26 Å². The fraction of sp³-hybridized carbons (Fsp3) is 0.0833. The number of para-hydroxylation sites is 1. The Hall–Kier alpha value is -2.93. The van der Waals surface area contributed by atoms with Crippen LogP contribution in [0.4, 0.5) is 5.69 Å². The summed E-state index contributed by atoms with van der Waals surface area (Å²) in [5, 5.41) is 12.3. The number of halogens is 2. The van der Waals surface area contributed by atoms with Gasteiger partial charge >= 0.3 is 10.1 Å². The van der Waals surface area contributed by atoms with E-state index in [0.29, 0.717) is 14.6 Å². The number of nitriles is 1. The summed E-state index contributed by atoms with van der Waals surface area (Å²) < 4.78 is 32.0. The molecule has 0 aliphatic rings. The van der Waals surface area contributed by atoms with Gasteiger partial charge in [0.2, 0.25) is 0 Å². The lowest BCUT2D eigenvalue weighted by Gasteiger charge is -2.12. The smallest absolute Gasteiger partial charge is 0.339 e. The molecule has 0 atom stereocenters. The number of anilines is 1. The second kappa shape index (κ2) is 10.3. The summed E-state index contributed by atoms with van der Waals surface area (Å²) in [6, 6.07) is 18.0. The Morgan fingerprint density at radius 3 is 2.21 bits per heavy atom. The highest BCUT2D eigenvalue weighted by atomic mass is 79.9. The van der Waals surface area contributed by atoms with Crippen LogP contribution in [0, 0.1) is 25.2 Å². The fourth-order valence-electron chi connectivity index (χ4n) is 2.85. The molecule has 0 saturated carbocycles. The molecule has 0 fully saturated rings. The van der Waals surface area contributed by atoms with Gasteiger partial charge in [-0.1, -0.05) is 35.9 Å². The van der Waals surface area contributed by atoms with Gasteiger partial charge in [0.05, 0.1) is 5.69 Å². The predicted molar refractivity (Wildman–Crippen MR) is 134 cm³/mol. The Morgan fingerprint density at radius 2 is 1.61 bits per heavy atom. The summed E-state index contributed by atoms with van der Waals surface area (Å²) in [7, 11) is -4.10. The maximum Gasteiger partial charge on any atom is 0.339 e. The average Bonchev–Trinajstić information content (AvgIpc) is 2.75. The predicted octanol–water partition coefficient (Wildman–Crippen LogP) is 6.14. The number of nitrogens with one attached hydrogen (secondary N) is 1. The topological polar surface area (TPSA) is 96.3 Å². The number of aryl methyl sites for hydroxylation is 2. The van der Waals surface area contributed by atoms with Crippen LogP contribution in [0.1, 0.15) is 16.7 Å². The van der Waals surface area contributed by atoms with Crippen LogP contribution in [0.25, 0.3) is 6.08 Å². The van der Waals surface area contributed by atoms with Gasteiger partial charge in [0.25, 0.3) is 5.91 Å². The molecule has 9 heteroatoms. The number of hydrogen-bond acceptors (Lipinski definition) is 5. The first kappa shape index (κ1) is 24.7. The molecular weight excluding hydrogens is 572 g/mol. The van der Waals surface area contributed by atoms with Crippen molar-refractivity contribution in [2.45, 2.75) is 18.7 Å². The third-order valence-corrected chi connectivity index (χ3v) is 7.02. The second-order valence-electron chi connectivity index (χ2n) is 7.12. The van der Waals surface area contributed by atoms with E-state index in [1.54, 1.807) is 30.3 Å². The quantitative estimate of drug-likeness (QED) is 0.211. The summed E-state index contributed by atoms with van der Waals surface area (Å²) >= 11 is 6.80. The summed E-state index contributed by atoms with van der Waals surface area (Å²) in [4.78, 5) is 12.8. The molecule has 33 heavy (non-hydrogen) atoms. The van der Waals surface area contributed by atoms with Crippen LogP contribution >= 0.6 is 31.9 Å². The van der Waals surface area contributed by atoms with Crippen molar-refractivity contribution >= 4 is 59.6 Å². The Kier molecular flexibility index (Phi) is 7.74. The molecule has 6 nitrogen and oxygen atoms in total. The summed E-state index contributed by atoms with van der Waals surface area (Å²) in [5.74, 6) is -0.657. The van der Waals surface area contributed by atoms with Gasteiger partial charge in [-0.25, -0.2) is 0 Å². The van der Waals surface area contributed by atoms with Crippen LogP contribution in [0.3, 0.4) is 0 Å². The number of amides is 1. The van der Waals surface area contributed by atoms with Crippen molar-refractivity contribution in [3.63, 3.8) is 0 Å². The van der Waals surface area contributed by atoms with Gasteiger partial charge in [-0.05, 0) is 87.7 Å². The minimum Gasteiger partial charge on any atom is -0.378 e. The Morgan fingerprint density at radius 1 is 1.00 bits per heavy atom. The molecule has 1 N–H and O–H groups in total. The van der Waals surface area contributed by atoms with Gasteiger partial charge in [0, 0.05) is 14.5 Å². The van der Waals surface area contributed by atoms with Crippen molar-refractivity contribution in [3.8, 4) is 11.8 Å². The van der Waals surface area contributed by atoms with Crippen molar-refractivity contribution in [2.24, 2.45) is 0 Å². The zero-order chi connectivity index (χ0) is 24.2. The van der Waals surface area contributed by atoms with E-state index < -0.39 is 16.0 Å². The highest BCUT2D eigenvalue weighted by molar-refractivity contribution is 9.11. The van der Waals surface area contributed by atoms with Crippen LogP contribution in [0.5, 0.6) is 5.75 Å². The molecule has 0 spiro atoms. The van der Waals surface area contributed by atoms with Crippen LogP contribution in [0.15, 0.2) is 80.1 Å². The number of rotatable bonds is 6. The molecule has 168 valence electrons. The van der Waals surface area contributed by atoms with E-state index in [9.17, 15) is 18.5 Å². The van der Waals surface area contributed by atoms with Crippen molar-refractivity contribution in [3.05, 3.63) is 91.9 Å². The molecule has 3 rings (SSSR count). The van der Waals surface area contributed by atoms with Gasteiger partial charge in [-0.2, -0.15) is 13.7 Å². The van der Waals surface area contributed by atoms with Gasteiger partial charge < -0.3 is 9.50 Å². The minimum absolute atomic E-state index is 0.000737. The van der Waals surface area contributed by atoms with Crippen molar-refractivity contribution in [2.75, 3.05) is 5.32 Å². The molecule has 0 radical (unpaired) electrons.